The van der Waals surface area contributed by atoms with Gasteiger partial charge in [0.1, 0.15) is 0 Å². The summed E-state index contributed by atoms with van der Waals surface area (Å²) in [6.45, 7) is 4.59. The van der Waals surface area contributed by atoms with Crippen molar-refractivity contribution in [3.05, 3.63) is 29.8 Å². The zero-order chi connectivity index (χ0) is 15.3. The van der Waals surface area contributed by atoms with E-state index >= 15 is 0 Å². The van der Waals surface area contributed by atoms with Crippen LogP contribution in [0.4, 0.5) is 0 Å². The summed E-state index contributed by atoms with van der Waals surface area (Å²) < 4.78 is 24.0. The molecule has 0 bridgehead atoms. The normalized spacial score (nSPS) is 11.7. The van der Waals surface area contributed by atoms with E-state index in [1.165, 1.54) is 12.1 Å². The van der Waals surface area contributed by atoms with Crippen LogP contribution in [-0.2, 0) is 9.84 Å². The van der Waals surface area contributed by atoms with Crippen LogP contribution in [0.3, 0.4) is 0 Å². The van der Waals surface area contributed by atoms with Gasteiger partial charge in [-0.1, -0.05) is 0 Å². The predicted octanol–water partition coefficient (Wildman–Crippen LogP) is 1.16. The maximum Gasteiger partial charge on any atom is 0.253 e. The summed E-state index contributed by atoms with van der Waals surface area (Å²) in [5.41, 5.74) is 0.492. The van der Waals surface area contributed by atoms with Gasteiger partial charge in [0.25, 0.3) is 5.91 Å². The highest BCUT2D eigenvalue weighted by atomic mass is 32.2. The minimum absolute atomic E-state index is 0.117. The van der Waals surface area contributed by atoms with Crippen molar-refractivity contribution in [3.8, 4) is 0 Å². The maximum atomic E-state index is 12.1. The van der Waals surface area contributed by atoms with E-state index in [2.05, 4.69) is 5.32 Å². The first kappa shape index (κ1) is 16.7. The number of carbonyl (C=O) groups excluding carboxylic acids is 1. The largest absolute Gasteiger partial charge is 0.340 e. The SMILES string of the molecule is CNCCN(C)C(=O)c1ccc(S(=O)(=O)C(C)C)cc1. The molecule has 0 spiro atoms. The molecule has 20 heavy (non-hydrogen) atoms. The Labute approximate surface area is 120 Å². The molecule has 0 atom stereocenters. The van der Waals surface area contributed by atoms with Gasteiger partial charge in [-0.15, -0.1) is 0 Å². The topological polar surface area (TPSA) is 66.5 Å². The number of rotatable bonds is 6. The van der Waals surface area contributed by atoms with Crippen molar-refractivity contribution in [1.29, 1.82) is 0 Å². The van der Waals surface area contributed by atoms with E-state index in [0.717, 1.165) is 0 Å². The van der Waals surface area contributed by atoms with Crippen molar-refractivity contribution >= 4 is 15.7 Å². The van der Waals surface area contributed by atoms with Gasteiger partial charge in [-0.3, -0.25) is 4.79 Å². The van der Waals surface area contributed by atoms with Crippen LogP contribution in [0.2, 0.25) is 0 Å². The van der Waals surface area contributed by atoms with E-state index in [1.807, 2.05) is 7.05 Å². The molecule has 112 valence electrons. The summed E-state index contributed by atoms with van der Waals surface area (Å²) in [4.78, 5) is 13.9. The van der Waals surface area contributed by atoms with Crippen LogP contribution in [0.25, 0.3) is 0 Å². The second-order valence-electron chi connectivity index (χ2n) is 4.95. The molecular formula is C14H22N2O3S. The summed E-state index contributed by atoms with van der Waals surface area (Å²) in [6.07, 6.45) is 0. The van der Waals surface area contributed by atoms with Gasteiger partial charge in [0.15, 0.2) is 9.84 Å². The summed E-state index contributed by atoms with van der Waals surface area (Å²) >= 11 is 0. The molecule has 1 aromatic rings. The van der Waals surface area contributed by atoms with E-state index in [-0.39, 0.29) is 10.8 Å². The third kappa shape index (κ3) is 3.80. The molecule has 0 unspecified atom stereocenters. The van der Waals surface area contributed by atoms with E-state index < -0.39 is 15.1 Å². The molecule has 0 fully saturated rings. The van der Waals surface area contributed by atoms with Crippen LogP contribution in [0.5, 0.6) is 0 Å². The molecule has 0 saturated carbocycles. The van der Waals surface area contributed by atoms with Crippen molar-refractivity contribution in [2.45, 2.75) is 24.0 Å². The molecule has 1 rings (SSSR count). The highest BCUT2D eigenvalue weighted by molar-refractivity contribution is 7.92. The highest BCUT2D eigenvalue weighted by Crippen LogP contribution is 2.17. The Morgan fingerprint density at radius 1 is 1.25 bits per heavy atom. The smallest absolute Gasteiger partial charge is 0.253 e. The molecule has 0 aromatic heterocycles. The monoisotopic (exact) mass is 298 g/mol. The van der Waals surface area contributed by atoms with Gasteiger partial charge in [0.05, 0.1) is 10.1 Å². The first-order valence-electron chi connectivity index (χ1n) is 6.54. The number of benzene rings is 1. The second-order valence-corrected chi connectivity index (χ2v) is 7.45. The molecule has 1 amide bonds. The second kappa shape index (κ2) is 6.85. The summed E-state index contributed by atoms with van der Waals surface area (Å²) in [7, 11) is 0.255. The van der Waals surface area contributed by atoms with Gasteiger partial charge < -0.3 is 10.2 Å². The molecule has 5 nitrogen and oxygen atoms in total. The van der Waals surface area contributed by atoms with E-state index in [9.17, 15) is 13.2 Å². The standard InChI is InChI=1S/C14H22N2O3S/c1-11(2)20(18,19)13-7-5-12(6-8-13)14(17)16(4)10-9-15-3/h5-8,11,15H,9-10H2,1-4H3. The van der Waals surface area contributed by atoms with Gasteiger partial charge in [0.2, 0.25) is 0 Å². The lowest BCUT2D eigenvalue weighted by atomic mass is 10.2. The van der Waals surface area contributed by atoms with E-state index in [0.29, 0.717) is 18.7 Å². The van der Waals surface area contributed by atoms with E-state index in [1.54, 1.807) is 37.9 Å². The molecular weight excluding hydrogens is 276 g/mol. The molecule has 0 radical (unpaired) electrons. The maximum absolute atomic E-state index is 12.1. The summed E-state index contributed by atoms with van der Waals surface area (Å²) in [6, 6.07) is 6.11. The molecule has 0 aliphatic heterocycles. The molecule has 0 aliphatic rings. The van der Waals surface area contributed by atoms with Crippen molar-refractivity contribution in [2.75, 3.05) is 27.2 Å². The van der Waals surface area contributed by atoms with Gasteiger partial charge >= 0.3 is 0 Å². The summed E-state index contributed by atoms with van der Waals surface area (Å²) in [5, 5.41) is 2.50. The fourth-order valence-electron chi connectivity index (χ4n) is 1.66. The lowest BCUT2D eigenvalue weighted by Gasteiger charge is -2.17. The zero-order valence-corrected chi connectivity index (χ0v) is 13.2. The molecule has 0 heterocycles. The van der Waals surface area contributed by atoms with Crippen LogP contribution < -0.4 is 5.32 Å². The number of likely N-dealkylation sites (N-methyl/N-ethyl adjacent to an activating group) is 2. The quantitative estimate of drug-likeness (QED) is 0.856. The summed E-state index contributed by atoms with van der Waals surface area (Å²) in [5.74, 6) is -0.117. The van der Waals surface area contributed by atoms with Crippen molar-refractivity contribution in [3.63, 3.8) is 0 Å². The van der Waals surface area contributed by atoms with E-state index in [4.69, 9.17) is 0 Å². The number of nitrogens with one attached hydrogen (secondary N) is 1. The van der Waals surface area contributed by atoms with Crippen LogP contribution >= 0.6 is 0 Å². The molecule has 1 aromatic carbocycles. The Bertz CT molecular complexity index is 550. The Kier molecular flexibility index (Phi) is 5.71. The lowest BCUT2D eigenvalue weighted by molar-refractivity contribution is 0.0797. The molecule has 6 heteroatoms. The van der Waals surface area contributed by atoms with Gasteiger partial charge in [-0.25, -0.2) is 8.42 Å². The van der Waals surface area contributed by atoms with Gasteiger partial charge in [-0.05, 0) is 45.2 Å². The third-order valence-electron chi connectivity index (χ3n) is 3.09. The van der Waals surface area contributed by atoms with Crippen LogP contribution in [0.15, 0.2) is 29.2 Å². The zero-order valence-electron chi connectivity index (χ0n) is 12.4. The molecule has 1 N–H and O–H groups in total. The Balaban J connectivity index is 2.89. The van der Waals surface area contributed by atoms with Crippen LogP contribution in [0, 0.1) is 0 Å². The van der Waals surface area contributed by atoms with Crippen LogP contribution in [0.1, 0.15) is 24.2 Å². The third-order valence-corrected chi connectivity index (χ3v) is 5.26. The fraction of sp³-hybridized carbons (Fsp3) is 0.500. The Morgan fingerprint density at radius 3 is 2.25 bits per heavy atom. The predicted molar refractivity (Wildman–Crippen MR) is 79.7 cm³/mol. The number of amides is 1. The first-order valence-corrected chi connectivity index (χ1v) is 8.09. The molecule has 0 saturated heterocycles. The Hall–Kier alpha value is -1.40. The number of nitrogens with zero attached hydrogens (tertiary/aromatic N) is 1. The fourth-order valence-corrected chi connectivity index (χ4v) is 2.72. The first-order chi connectivity index (χ1) is 9.30. The number of hydrogen-bond acceptors (Lipinski definition) is 4. The lowest BCUT2D eigenvalue weighted by Crippen LogP contribution is -2.32. The van der Waals surface area contributed by atoms with Crippen LogP contribution in [-0.4, -0.2) is 51.7 Å². The van der Waals surface area contributed by atoms with Gasteiger partial charge in [-0.2, -0.15) is 0 Å². The minimum Gasteiger partial charge on any atom is -0.340 e. The average molecular weight is 298 g/mol. The van der Waals surface area contributed by atoms with Gasteiger partial charge in [0, 0.05) is 25.7 Å². The van der Waals surface area contributed by atoms with Crippen molar-refractivity contribution < 1.29 is 13.2 Å². The Morgan fingerprint density at radius 2 is 1.80 bits per heavy atom. The number of hydrogen-bond donors (Lipinski definition) is 1. The number of carbonyl (C=O) groups is 1. The number of sulfone groups is 1. The van der Waals surface area contributed by atoms with Crippen molar-refractivity contribution in [1.82, 2.24) is 10.2 Å². The highest BCUT2D eigenvalue weighted by Gasteiger charge is 2.19. The molecule has 0 aliphatic carbocycles. The average Bonchev–Trinajstić information content (AvgIpc) is 2.43. The van der Waals surface area contributed by atoms with Crippen molar-refractivity contribution in [2.24, 2.45) is 0 Å². The minimum atomic E-state index is -3.29.